The molecule has 112 valence electrons. The van der Waals surface area contributed by atoms with Crippen molar-refractivity contribution in [3.8, 4) is 11.6 Å². The van der Waals surface area contributed by atoms with Crippen molar-refractivity contribution >= 4 is 6.08 Å². The van der Waals surface area contributed by atoms with Crippen LogP contribution in [0.2, 0.25) is 1.41 Å². The summed E-state index contributed by atoms with van der Waals surface area (Å²) < 4.78 is 15.0. The minimum absolute atomic E-state index is 0.0479. The van der Waals surface area contributed by atoms with Gasteiger partial charge in [0, 0.05) is 24.9 Å². The third-order valence-electron chi connectivity index (χ3n) is 2.91. The van der Waals surface area contributed by atoms with Crippen molar-refractivity contribution in [2.75, 3.05) is 0 Å². The fourth-order valence-corrected chi connectivity index (χ4v) is 1.82. The second-order valence-corrected chi connectivity index (χ2v) is 4.25. The second-order valence-electron chi connectivity index (χ2n) is 4.25. The summed E-state index contributed by atoms with van der Waals surface area (Å²) in [6, 6.07) is 1.55. The van der Waals surface area contributed by atoms with Gasteiger partial charge in [-0.25, -0.2) is 4.79 Å². The van der Waals surface area contributed by atoms with E-state index in [4.69, 9.17) is 6.15 Å². The number of nitrogens with one attached hydrogen (secondary N) is 1. The van der Waals surface area contributed by atoms with E-state index < -0.39 is 5.69 Å². The summed E-state index contributed by atoms with van der Waals surface area (Å²) in [6.45, 7) is 3.72. The Labute approximate surface area is 125 Å². The van der Waals surface area contributed by atoms with Crippen LogP contribution in [-0.4, -0.2) is 40.2 Å². The number of aromatic amines is 1. The predicted molar refractivity (Wildman–Crippen MR) is 75.2 cm³/mol. The molecule has 3 aromatic heterocycles. The molecule has 0 unspecified atom stereocenters. The van der Waals surface area contributed by atoms with Gasteiger partial charge in [0.15, 0.2) is 1.41 Å². The normalized spacial score (nSPS) is 11.2. The summed E-state index contributed by atoms with van der Waals surface area (Å²) in [5.74, 6) is 0.268. The highest BCUT2D eigenvalue weighted by Gasteiger charge is 2.16. The summed E-state index contributed by atoms with van der Waals surface area (Å²) >= 11 is 0. The van der Waals surface area contributed by atoms with Gasteiger partial charge in [0.1, 0.15) is 12.3 Å². The van der Waals surface area contributed by atoms with Crippen LogP contribution in [0.4, 0.5) is 0 Å². The minimum Gasteiger partial charge on any atom is -0.472 e. The Bertz CT molecular complexity index is 912. The third-order valence-corrected chi connectivity index (χ3v) is 2.91. The van der Waals surface area contributed by atoms with Gasteiger partial charge in [-0.05, 0) is 16.5 Å². The lowest BCUT2D eigenvalue weighted by Crippen LogP contribution is -2.24. The number of H-pyrrole nitrogens is 1. The lowest BCUT2D eigenvalue weighted by atomic mass is 10.2. The molecule has 10 heteroatoms. The number of ether oxygens (including phenoxy) is 1. The van der Waals surface area contributed by atoms with Crippen LogP contribution in [0, 0.1) is 0 Å². The van der Waals surface area contributed by atoms with Gasteiger partial charge in [0.05, 0.1) is 11.9 Å². The maximum Gasteiger partial charge on any atom is 0.368 e. The highest BCUT2D eigenvalue weighted by molar-refractivity contribution is 5.53. The maximum atomic E-state index is 12.0. The molecular formula is C12H12N8O2. The van der Waals surface area contributed by atoms with Gasteiger partial charge < -0.3 is 4.74 Å². The Hall–Kier alpha value is -3.30. The molecule has 0 bridgehead atoms. The Balaban J connectivity index is 2.01. The van der Waals surface area contributed by atoms with Gasteiger partial charge in [-0.1, -0.05) is 6.58 Å². The molecule has 0 radical (unpaired) electrons. The van der Waals surface area contributed by atoms with Crippen LogP contribution in [-0.2, 0) is 13.7 Å². The summed E-state index contributed by atoms with van der Waals surface area (Å²) in [5.41, 5.74) is 0.963. The molecule has 0 fully saturated rings. The highest BCUT2D eigenvalue weighted by atomic mass is 16.5. The van der Waals surface area contributed by atoms with E-state index in [0.29, 0.717) is 16.9 Å². The van der Waals surface area contributed by atoms with Crippen LogP contribution in [0.5, 0.6) is 5.88 Å². The van der Waals surface area contributed by atoms with Crippen LogP contribution in [0.15, 0.2) is 29.8 Å². The Morgan fingerprint density at radius 2 is 2.41 bits per heavy atom. The Kier molecular flexibility index (Phi) is 3.16. The molecule has 0 aromatic carbocycles. The fraction of sp³-hybridized carbons (Fsp3) is 0.167. The minimum atomic E-state index is -0.426. The summed E-state index contributed by atoms with van der Waals surface area (Å²) in [5, 5.41) is 19.9. The van der Waals surface area contributed by atoms with E-state index in [1.807, 2.05) is 0 Å². The summed E-state index contributed by atoms with van der Waals surface area (Å²) in [7, 11) is 1.49. The summed E-state index contributed by atoms with van der Waals surface area (Å²) in [4.78, 5) is 12.0. The van der Waals surface area contributed by atoms with Gasteiger partial charge in [0.25, 0.3) is 0 Å². The molecule has 0 aliphatic heterocycles. The van der Waals surface area contributed by atoms with E-state index in [2.05, 4.69) is 32.3 Å². The zero-order valence-electron chi connectivity index (χ0n) is 12.6. The Morgan fingerprint density at radius 1 is 1.55 bits per heavy atom. The van der Waals surface area contributed by atoms with Crippen molar-refractivity contribution in [3.63, 3.8) is 0 Å². The van der Waals surface area contributed by atoms with Crippen LogP contribution in [0.3, 0.4) is 0 Å². The number of aryl methyl sites for hydroxylation is 1. The SMILES string of the molecule is [3H]n1ccc(OCc2c(-n3nnn(C)c3=O)cnnc2C=C)n1. The molecule has 0 saturated carbocycles. The van der Waals surface area contributed by atoms with Crippen molar-refractivity contribution in [1.29, 1.82) is 0 Å². The van der Waals surface area contributed by atoms with Gasteiger partial charge in [-0.15, -0.1) is 5.10 Å². The largest absolute Gasteiger partial charge is 0.472 e. The van der Waals surface area contributed by atoms with Crippen LogP contribution in [0.25, 0.3) is 11.8 Å². The molecule has 0 spiro atoms. The first-order chi connectivity index (χ1) is 11.1. The average molecular weight is 302 g/mol. The van der Waals surface area contributed by atoms with Crippen LogP contribution < -0.4 is 10.4 Å². The van der Waals surface area contributed by atoms with Crippen molar-refractivity contribution in [2.24, 2.45) is 7.05 Å². The fourth-order valence-electron chi connectivity index (χ4n) is 1.82. The van der Waals surface area contributed by atoms with Crippen molar-refractivity contribution in [3.05, 3.63) is 46.8 Å². The van der Waals surface area contributed by atoms with E-state index in [1.165, 1.54) is 25.5 Å². The number of hydrogen-bond acceptors (Lipinski definition) is 7. The number of aromatic nitrogens is 8. The number of rotatable bonds is 5. The quantitative estimate of drug-likeness (QED) is 0.687. The maximum absolute atomic E-state index is 12.0. The molecule has 0 saturated heterocycles. The van der Waals surface area contributed by atoms with E-state index in [1.54, 1.807) is 6.07 Å². The molecule has 0 aliphatic carbocycles. The standard InChI is InChI=1S/C12H12N8O2/c1-3-9-8(7-22-11-4-5-13-16-11)10(6-14-15-9)20-12(21)19(2)17-18-20/h3-6H,1,7H2,2H3,(H,13,16)/i/hT. The van der Waals surface area contributed by atoms with Gasteiger partial charge in [-0.3, -0.25) is 5.09 Å². The zero-order valence-corrected chi connectivity index (χ0v) is 11.6. The molecule has 3 aromatic rings. The first kappa shape index (κ1) is 12.4. The van der Waals surface area contributed by atoms with E-state index in [-0.39, 0.29) is 12.5 Å². The first-order valence-electron chi connectivity index (χ1n) is 6.69. The molecule has 3 heterocycles. The van der Waals surface area contributed by atoms with Crippen molar-refractivity contribution in [1.82, 2.24) is 40.2 Å². The second kappa shape index (κ2) is 5.60. The third kappa shape index (κ3) is 2.37. The molecule has 1 N–H and O–H groups in total. The molecule has 10 nitrogen and oxygen atoms in total. The topological polar surface area (TPSA) is 116 Å². The smallest absolute Gasteiger partial charge is 0.368 e. The number of hydrogen-bond donors (Lipinski definition) is 1. The molecule has 22 heavy (non-hydrogen) atoms. The van der Waals surface area contributed by atoms with Crippen LogP contribution >= 0.6 is 0 Å². The zero-order chi connectivity index (χ0) is 16.4. The predicted octanol–water partition coefficient (Wildman–Crippen LogP) is -0.299. The number of nitrogens with zero attached hydrogens (tertiary/aromatic N) is 7. The average Bonchev–Trinajstić information content (AvgIpc) is 3.11. The van der Waals surface area contributed by atoms with E-state index in [0.717, 1.165) is 14.5 Å². The van der Waals surface area contributed by atoms with Gasteiger partial charge >= 0.3 is 5.69 Å². The molecule has 0 amide bonds. The molecule has 0 atom stereocenters. The Morgan fingerprint density at radius 3 is 3.05 bits per heavy atom. The molecule has 0 aliphatic rings. The first-order valence-corrected chi connectivity index (χ1v) is 6.24. The van der Waals surface area contributed by atoms with E-state index in [9.17, 15) is 4.79 Å². The van der Waals surface area contributed by atoms with E-state index >= 15 is 0 Å². The molecule has 3 rings (SSSR count). The lowest BCUT2D eigenvalue weighted by Gasteiger charge is -2.10. The lowest BCUT2D eigenvalue weighted by molar-refractivity contribution is 0.292. The summed E-state index contributed by atoms with van der Waals surface area (Å²) in [6.07, 6.45) is 4.33. The van der Waals surface area contributed by atoms with Crippen LogP contribution in [0.1, 0.15) is 11.3 Å². The van der Waals surface area contributed by atoms with Gasteiger partial charge in [0.2, 0.25) is 5.88 Å². The van der Waals surface area contributed by atoms with Crippen molar-refractivity contribution in [2.45, 2.75) is 6.61 Å². The van der Waals surface area contributed by atoms with Crippen molar-refractivity contribution < 1.29 is 6.15 Å². The number of tetrazole rings is 1. The van der Waals surface area contributed by atoms with Gasteiger partial charge in [-0.2, -0.15) is 19.6 Å². The monoisotopic (exact) mass is 302 g/mol. The molecular weight excluding hydrogens is 288 g/mol. The highest BCUT2D eigenvalue weighted by Crippen LogP contribution is 2.17.